The molecule has 0 amide bonds. The zero-order valence-corrected chi connectivity index (χ0v) is 13.4. The summed E-state index contributed by atoms with van der Waals surface area (Å²) in [6.45, 7) is 2.14. The van der Waals surface area contributed by atoms with Crippen molar-refractivity contribution >= 4 is 17.3 Å². The Balaban J connectivity index is 1.59. The van der Waals surface area contributed by atoms with Gasteiger partial charge in [-0.15, -0.1) is 0 Å². The van der Waals surface area contributed by atoms with Gasteiger partial charge in [-0.1, -0.05) is 30.5 Å². The van der Waals surface area contributed by atoms with Crippen molar-refractivity contribution < 1.29 is 0 Å². The second kappa shape index (κ2) is 5.81. The lowest BCUT2D eigenvalue weighted by molar-refractivity contribution is 0.342. The lowest BCUT2D eigenvalue weighted by atomic mass is 9.85. The molecule has 4 rings (SSSR count). The topological polar surface area (TPSA) is 15.3 Å². The van der Waals surface area contributed by atoms with Gasteiger partial charge in [-0.05, 0) is 50.2 Å². The maximum absolute atomic E-state index is 6.52. The molecule has 2 saturated carbocycles. The standard InChI is InChI=1S/C18H25ClN2/c19-16-5-3-7-18(15(16)12-20-14-8-9-14)21-11-10-13-4-1-2-6-17(13)21/h3,5,7,13-14,17,20H,1-2,4,6,8-12H2. The van der Waals surface area contributed by atoms with Gasteiger partial charge in [-0.2, -0.15) is 0 Å². The van der Waals surface area contributed by atoms with Crippen LogP contribution in [0.4, 0.5) is 5.69 Å². The Bertz CT molecular complexity index is 512. The minimum absolute atomic E-state index is 0.732. The third-order valence-corrected chi connectivity index (χ3v) is 5.91. The SMILES string of the molecule is Clc1cccc(N2CCC3CCCCC32)c1CNC1CC1. The van der Waals surface area contributed by atoms with Crippen molar-refractivity contribution in [3.05, 3.63) is 28.8 Å². The summed E-state index contributed by atoms with van der Waals surface area (Å²) >= 11 is 6.52. The minimum atomic E-state index is 0.732. The Hall–Kier alpha value is -0.730. The average molecular weight is 305 g/mol. The van der Waals surface area contributed by atoms with E-state index in [9.17, 15) is 0 Å². The normalized spacial score (nSPS) is 28.7. The highest BCUT2D eigenvalue weighted by Gasteiger charge is 2.36. The van der Waals surface area contributed by atoms with E-state index < -0.39 is 0 Å². The third-order valence-electron chi connectivity index (χ3n) is 5.56. The molecule has 0 spiro atoms. The molecule has 1 saturated heterocycles. The van der Waals surface area contributed by atoms with E-state index >= 15 is 0 Å². The largest absolute Gasteiger partial charge is 0.368 e. The van der Waals surface area contributed by atoms with Gasteiger partial charge in [0, 0.05) is 41.4 Å². The van der Waals surface area contributed by atoms with Gasteiger partial charge in [0.1, 0.15) is 0 Å². The Morgan fingerprint density at radius 1 is 1.10 bits per heavy atom. The van der Waals surface area contributed by atoms with Crippen molar-refractivity contribution in [2.24, 2.45) is 5.92 Å². The number of hydrogen-bond donors (Lipinski definition) is 1. The number of nitrogens with zero attached hydrogens (tertiary/aromatic N) is 1. The van der Waals surface area contributed by atoms with Crippen LogP contribution >= 0.6 is 11.6 Å². The lowest BCUT2D eigenvalue weighted by Gasteiger charge is -2.34. The van der Waals surface area contributed by atoms with Gasteiger partial charge in [-0.3, -0.25) is 0 Å². The van der Waals surface area contributed by atoms with Crippen molar-refractivity contribution in [3.8, 4) is 0 Å². The van der Waals surface area contributed by atoms with Gasteiger partial charge in [0.05, 0.1) is 0 Å². The number of benzene rings is 1. The molecule has 114 valence electrons. The molecule has 1 aliphatic heterocycles. The lowest BCUT2D eigenvalue weighted by Crippen LogP contribution is -2.35. The van der Waals surface area contributed by atoms with Crippen molar-refractivity contribution in [1.29, 1.82) is 0 Å². The fourth-order valence-corrected chi connectivity index (χ4v) is 4.47. The van der Waals surface area contributed by atoms with E-state index in [1.807, 2.05) is 6.07 Å². The maximum atomic E-state index is 6.52. The van der Waals surface area contributed by atoms with Gasteiger partial charge >= 0.3 is 0 Å². The summed E-state index contributed by atoms with van der Waals surface area (Å²) in [7, 11) is 0. The first-order valence-corrected chi connectivity index (χ1v) is 8.98. The fraction of sp³-hybridized carbons (Fsp3) is 0.667. The van der Waals surface area contributed by atoms with E-state index in [2.05, 4.69) is 22.3 Å². The van der Waals surface area contributed by atoms with Crippen LogP contribution < -0.4 is 10.2 Å². The summed E-state index contributed by atoms with van der Waals surface area (Å²) in [5, 5.41) is 4.57. The number of nitrogens with one attached hydrogen (secondary N) is 1. The summed E-state index contributed by atoms with van der Waals surface area (Å²) in [4.78, 5) is 2.67. The monoisotopic (exact) mass is 304 g/mol. The first-order valence-electron chi connectivity index (χ1n) is 8.60. The second-order valence-corrected chi connectivity index (χ2v) is 7.39. The molecule has 0 aromatic heterocycles. The zero-order chi connectivity index (χ0) is 14.2. The van der Waals surface area contributed by atoms with Gasteiger partial charge in [0.2, 0.25) is 0 Å². The molecule has 3 aliphatic rings. The van der Waals surface area contributed by atoms with Crippen LogP contribution in [0.1, 0.15) is 50.5 Å². The Labute approximate surface area is 132 Å². The van der Waals surface area contributed by atoms with Crippen molar-refractivity contribution in [1.82, 2.24) is 5.32 Å². The molecule has 3 heteroatoms. The van der Waals surface area contributed by atoms with Crippen LogP contribution in [0.15, 0.2) is 18.2 Å². The van der Waals surface area contributed by atoms with Crippen LogP contribution in [0.3, 0.4) is 0 Å². The van der Waals surface area contributed by atoms with Crippen LogP contribution in [0.5, 0.6) is 0 Å². The zero-order valence-electron chi connectivity index (χ0n) is 12.7. The predicted molar refractivity (Wildman–Crippen MR) is 89.0 cm³/mol. The van der Waals surface area contributed by atoms with Crippen molar-refractivity contribution in [3.63, 3.8) is 0 Å². The number of anilines is 1. The molecule has 1 heterocycles. The van der Waals surface area contributed by atoms with Crippen LogP contribution in [0.25, 0.3) is 0 Å². The van der Waals surface area contributed by atoms with Crippen molar-refractivity contribution in [2.45, 2.75) is 63.6 Å². The maximum Gasteiger partial charge on any atom is 0.0471 e. The molecule has 0 bridgehead atoms. The summed E-state index contributed by atoms with van der Waals surface area (Å²) in [5.41, 5.74) is 2.71. The quantitative estimate of drug-likeness (QED) is 0.889. The smallest absolute Gasteiger partial charge is 0.0471 e. The molecule has 1 aromatic carbocycles. The molecule has 2 nitrogen and oxygen atoms in total. The third kappa shape index (κ3) is 2.80. The average Bonchev–Trinajstić information content (AvgIpc) is 3.23. The first kappa shape index (κ1) is 13.9. The Morgan fingerprint density at radius 2 is 1.95 bits per heavy atom. The Kier molecular flexibility index (Phi) is 3.85. The molecule has 2 unspecified atom stereocenters. The summed E-state index contributed by atoms with van der Waals surface area (Å²) in [5.74, 6) is 0.918. The number of fused-ring (bicyclic) bond motifs is 1. The van der Waals surface area contributed by atoms with Gasteiger partial charge in [0.25, 0.3) is 0 Å². The van der Waals surface area contributed by atoms with Crippen LogP contribution in [0.2, 0.25) is 5.02 Å². The molecule has 1 aromatic rings. The molecular weight excluding hydrogens is 280 g/mol. The molecule has 21 heavy (non-hydrogen) atoms. The highest BCUT2D eigenvalue weighted by Crippen LogP contribution is 2.41. The summed E-state index contributed by atoms with van der Waals surface area (Å²) in [6.07, 6.45) is 9.65. The van der Waals surface area contributed by atoms with E-state index in [0.29, 0.717) is 0 Å². The molecular formula is C18H25ClN2. The molecule has 2 atom stereocenters. The van der Waals surface area contributed by atoms with Crippen LogP contribution in [-0.2, 0) is 6.54 Å². The number of hydrogen-bond acceptors (Lipinski definition) is 2. The van der Waals surface area contributed by atoms with Crippen LogP contribution in [-0.4, -0.2) is 18.6 Å². The number of halogens is 1. The Morgan fingerprint density at radius 3 is 2.81 bits per heavy atom. The molecule has 0 radical (unpaired) electrons. The second-order valence-electron chi connectivity index (χ2n) is 6.99. The fourth-order valence-electron chi connectivity index (χ4n) is 4.23. The van der Waals surface area contributed by atoms with Crippen molar-refractivity contribution in [2.75, 3.05) is 11.4 Å². The highest BCUT2D eigenvalue weighted by molar-refractivity contribution is 6.31. The van der Waals surface area contributed by atoms with E-state index in [4.69, 9.17) is 11.6 Å². The highest BCUT2D eigenvalue weighted by atomic mass is 35.5. The predicted octanol–water partition coefficient (Wildman–Crippen LogP) is 4.36. The summed E-state index contributed by atoms with van der Waals surface area (Å²) < 4.78 is 0. The van der Waals surface area contributed by atoms with E-state index in [1.54, 1.807) is 0 Å². The van der Waals surface area contributed by atoms with Gasteiger partial charge in [0.15, 0.2) is 0 Å². The van der Waals surface area contributed by atoms with Gasteiger partial charge < -0.3 is 10.2 Å². The first-order chi connectivity index (χ1) is 10.3. The molecule has 3 fully saturated rings. The van der Waals surface area contributed by atoms with E-state index in [1.165, 1.54) is 62.7 Å². The van der Waals surface area contributed by atoms with Gasteiger partial charge in [-0.25, -0.2) is 0 Å². The number of rotatable bonds is 4. The summed E-state index contributed by atoms with van der Waals surface area (Å²) in [6, 6.07) is 7.94. The van der Waals surface area contributed by atoms with E-state index in [0.717, 1.165) is 29.6 Å². The minimum Gasteiger partial charge on any atom is -0.368 e. The molecule has 2 aliphatic carbocycles. The van der Waals surface area contributed by atoms with Crippen LogP contribution in [0, 0.1) is 5.92 Å². The molecule has 1 N–H and O–H groups in total. The van der Waals surface area contributed by atoms with E-state index in [-0.39, 0.29) is 0 Å².